The third-order valence-electron chi connectivity index (χ3n) is 2.35. The molecule has 0 fully saturated rings. The van der Waals surface area contributed by atoms with Crippen LogP contribution in [0.5, 0.6) is 0 Å². The topological polar surface area (TPSA) is 65.5 Å². The van der Waals surface area contributed by atoms with Gasteiger partial charge in [0, 0.05) is 22.8 Å². The molecule has 0 aliphatic carbocycles. The van der Waals surface area contributed by atoms with E-state index in [1.807, 2.05) is 0 Å². The molecule has 1 aromatic carbocycles. The lowest BCUT2D eigenvalue weighted by molar-refractivity contribution is 0.1000. The monoisotopic (exact) mass is 309 g/mol. The maximum absolute atomic E-state index is 12.2. The summed E-state index contributed by atoms with van der Waals surface area (Å²) >= 11 is 3.30. The number of hydrogen-bond acceptors (Lipinski definition) is 4. The van der Waals surface area contributed by atoms with E-state index in [9.17, 15) is 4.79 Å². The molecule has 0 saturated carbocycles. The van der Waals surface area contributed by atoms with Crippen molar-refractivity contribution in [2.45, 2.75) is 6.61 Å². The fraction of sp³-hybridized carbons (Fsp3) is 0.154. The molecular weight excluding hydrogens is 298 g/mol. The average molecular weight is 310 g/mol. The molecule has 0 amide bonds. The van der Waals surface area contributed by atoms with E-state index >= 15 is 0 Å². The summed E-state index contributed by atoms with van der Waals surface area (Å²) in [5.74, 6) is 0.689. The van der Waals surface area contributed by atoms with Gasteiger partial charge in [0.2, 0.25) is 5.78 Å². The maximum Gasteiger partial charge on any atom is 0.228 e. The number of ether oxygens (including phenoxy) is 1. The van der Waals surface area contributed by atoms with Crippen molar-refractivity contribution >= 4 is 27.4 Å². The highest BCUT2D eigenvalue weighted by Gasteiger charge is 2.14. The van der Waals surface area contributed by atoms with Crippen LogP contribution in [0.15, 0.2) is 39.2 Å². The van der Waals surface area contributed by atoms with E-state index in [2.05, 4.69) is 15.9 Å². The number of ketones is 1. The quantitative estimate of drug-likeness (QED) is 0.696. The maximum atomic E-state index is 12.2. The number of benzene rings is 1. The van der Waals surface area contributed by atoms with Gasteiger partial charge in [0.15, 0.2) is 5.76 Å². The molecule has 0 bridgehead atoms. The first-order chi connectivity index (χ1) is 8.60. The summed E-state index contributed by atoms with van der Waals surface area (Å²) in [5.41, 5.74) is 6.71. The van der Waals surface area contributed by atoms with E-state index in [0.29, 0.717) is 23.6 Å². The van der Waals surface area contributed by atoms with Gasteiger partial charge in [-0.25, -0.2) is 0 Å². The highest BCUT2D eigenvalue weighted by atomic mass is 79.9. The standard InChI is InChI=1S/C13H12BrNO3/c1-17-7-11-2-3-12(18-11)13(16)8-4-9(14)6-10(15)5-8/h2-6H,7,15H2,1H3. The average Bonchev–Trinajstić information content (AvgIpc) is 2.76. The summed E-state index contributed by atoms with van der Waals surface area (Å²) in [5, 5.41) is 0. The molecule has 0 unspecified atom stereocenters. The second-order valence-electron chi connectivity index (χ2n) is 3.80. The Labute approximate surface area is 113 Å². The van der Waals surface area contributed by atoms with E-state index in [0.717, 1.165) is 4.47 Å². The van der Waals surface area contributed by atoms with Crippen molar-refractivity contribution in [3.05, 3.63) is 51.9 Å². The van der Waals surface area contributed by atoms with Gasteiger partial charge in [-0.15, -0.1) is 0 Å². The zero-order valence-electron chi connectivity index (χ0n) is 9.77. The van der Waals surface area contributed by atoms with E-state index < -0.39 is 0 Å². The zero-order valence-corrected chi connectivity index (χ0v) is 11.4. The van der Waals surface area contributed by atoms with Crippen LogP contribution >= 0.6 is 15.9 Å². The van der Waals surface area contributed by atoms with Crippen molar-refractivity contribution in [1.29, 1.82) is 0 Å². The first-order valence-electron chi connectivity index (χ1n) is 5.28. The number of nitrogens with two attached hydrogens (primary N) is 1. The minimum atomic E-state index is -0.203. The normalized spacial score (nSPS) is 10.6. The summed E-state index contributed by atoms with van der Waals surface area (Å²) in [6.45, 7) is 0.341. The molecule has 1 heterocycles. The Bertz CT molecular complexity index is 557. The number of hydrogen-bond donors (Lipinski definition) is 1. The summed E-state index contributed by atoms with van der Waals surface area (Å²) in [6.07, 6.45) is 0. The van der Waals surface area contributed by atoms with Crippen LogP contribution in [0.2, 0.25) is 0 Å². The summed E-state index contributed by atoms with van der Waals surface area (Å²) in [6, 6.07) is 8.41. The van der Waals surface area contributed by atoms with Crippen LogP contribution < -0.4 is 5.73 Å². The zero-order chi connectivity index (χ0) is 13.1. The molecule has 0 atom stereocenters. The molecule has 0 saturated heterocycles. The number of nitrogen functional groups attached to an aromatic ring is 1. The van der Waals surface area contributed by atoms with Crippen LogP contribution in [0, 0.1) is 0 Å². The van der Waals surface area contributed by atoms with Crippen LogP contribution in [0.25, 0.3) is 0 Å². The lowest BCUT2D eigenvalue weighted by Crippen LogP contribution is -2.01. The minimum Gasteiger partial charge on any atom is -0.455 e. The van der Waals surface area contributed by atoms with Crippen molar-refractivity contribution in [3.63, 3.8) is 0 Å². The van der Waals surface area contributed by atoms with Crippen molar-refractivity contribution in [1.82, 2.24) is 0 Å². The third-order valence-corrected chi connectivity index (χ3v) is 2.81. The van der Waals surface area contributed by atoms with Crippen molar-refractivity contribution < 1.29 is 13.9 Å². The molecule has 0 aliphatic heterocycles. The van der Waals surface area contributed by atoms with Gasteiger partial charge >= 0.3 is 0 Å². The Kier molecular flexibility index (Phi) is 3.84. The fourth-order valence-corrected chi connectivity index (χ4v) is 2.12. The van der Waals surface area contributed by atoms with Gasteiger partial charge in [-0.2, -0.15) is 0 Å². The molecule has 0 spiro atoms. The van der Waals surface area contributed by atoms with E-state index in [1.165, 1.54) is 0 Å². The molecule has 4 nitrogen and oxygen atoms in total. The van der Waals surface area contributed by atoms with E-state index in [1.54, 1.807) is 37.4 Å². The first kappa shape index (κ1) is 12.9. The van der Waals surface area contributed by atoms with Crippen molar-refractivity contribution in [3.8, 4) is 0 Å². The van der Waals surface area contributed by atoms with Gasteiger partial charge in [-0.1, -0.05) is 15.9 Å². The Balaban J connectivity index is 2.29. The Hall–Kier alpha value is -1.59. The Morgan fingerprint density at radius 2 is 2.17 bits per heavy atom. The lowest BCUT2D eigenvalue weighted by Gasteiger charge is -2.01. The molecule has 5 heteroatoms. The third kappa shape index (κ3) is 2.80. The first-order valence-corrected chi connectivity index (χ1v) is 6.08. The van der Waals surface area contributed by atoms with Crippen molar-refractivity contribution in [2.24, 2.45) is 0 Å². The number of carbonyl (C=O) groups is 1. The van der Waals surface area contributed by atoms with Crippen LogP contribution in [-0.4, -0.2) is 12.9 Å². The Morgan fingerprint density at radius 3 is 2.83 bits per heavy atom. The molecule has 94 valence electrons. The summed E-state index contributed by atoms with van der Waals surface area (Å²) in [7, 11) is 1.57. The smallest absolute Gasteiger partial charge is 0.228 e. The van der Waals surface area contributed by atoms with Gasteiger partial charge in [-0.05, 0) is 30.3 Å². The molecular formula is C13H12BrNO3. The SMILES string of the molecule is COCc1ccc(C(=O)c2cc(N)cc(Br)c2)o1. The summed E-state index contributed by atoms with van der Waals surface area (Å²) < 4.78 is 11.1. The fourth-order valence-electron chi connectivity index (χ4n) is 1.61. The molecule has 0 radical (unpaired) electrons. The van der Waals surface area contributed by atoms with Gasteiger partial charge in [0.25, 0.3) is 0 Å². The van der Waals surface area contributed by atoms with Crippen LogP contribution in [0.3, 0.4) is 0 Å². The number of methoxy groups -OCH3 is 1. The molecule has 2 aromatic rings. The second-order valence-corrected chi connectivity index (χ2v) is 4.72. The Morgan fingerprint density at radius 1 is 1.39 bits per heavy atom. The minimum absolute atomic E-state index is 0.203. The number of anilines is 1. The van der Waals surface area contributed by atoms with Gasteiger partial charge in [0.1, 0.15) is 12.4 Å². The number of carbonyl (C=O) groups excluding carboxylic acids is 1. The van der Waals surface area contributed by atoms with Crippen molar-refractivity contribution in [2.75, 3.05) is 12.8 Å². The highest BCUT2D eigenvalue weighted by molar-refractivity contribution is 9.10. The molecule has 1 aromatic heterocycles. The molecule has 2 rings (SSSR count). The number of halogens is 1. The van der Waals surface area contributed by atoms with E-state index in [-0.39, 0.29) is 11.5 Å². The number of furan rings is 1. The lowest BCUT2D eigenvalue weighted by atomic mass is 10.1. The molecule has 18 heavy (non-hydrogen) atoms. The van der Waals surface area contributed by atoms with Gasteiger partial charge in [-0.3, -0.25) is 4.79 Å². The predicted octanol–water partition coefficient (Wildman–Crippen LogP) is 3.00. The van der Waals surface area contributed by atoms with Gasteiger partial charge in [0.05, 0.1) is 0 Å². The summed E-state index contributed by atoms with van der Waals surface area (Å²) in [4.78, 5) is 12.2. The highest BCUT2D eigenvalue weighted by Crippen LogP contribution is 2.21. The van der Waals surface area contributed by atoms with Crippen LogP contribution in [-0.2, 0) is 11.3 Å². The second kappa shape index (κ2) is 5.37. The predicted molar refractivity (Wildman–Crippen MR) is 71.4 cm³/mol. The molecule has 0 aliphatic rings. The van der Waals surface area contributed by atoms with Crippen LogP contribution in [0.1, 0.15) is 21.9 Å². The largest absolute Gasteiger partial charge is 0.455 e. The van der Waals surface area contributed by atoms with Crippen LogP contribution in [0.4, 0.5) is 5.69 Å². The molecule has 2 N–H and O–H groups in total. The van der Waals surface area contributed by atoms with E-state index in [4.69, 9.17) is 14.9 Å². The van der Waals surface area contributed by atoms with Gasteiger partial charge < -0.3 is 14.9 Å². The number of rotatable bonds is 4.